The van der Waals surface area contributed by atoms with E-state index in [1.807, 2.05) is 42.5 Å². The maximum Gasteiger partial charge on any atom is 0.330 e. The number of nitrogens with one attached hydrogen (secondary N) is 1. The van der Waals surface area contributed by atoms with Crippen LogP contribution in [0.4, 0.5) is 17.2 Å². The number of hydrogen-bond acceptors (Lipinski definition) is 7. The number of benzene rings is 2. The highest BCUT2D eigenvalue weighted by Gasteiger charge is 2.40. The van der Waals surface area contributed by atoms with Gasteiger partial charge in [0.05, 0.1) is 6.61 Å². The molecule has 0 saturated carbocycles. The summed E-state index contributed by atoms with van der Waals surface area (Å²) in [6.07, 6.45) is 2.13. The number of aromatic amines is 1. The molecule has 1 unspecified atom stereocenters. The van der Waals surface area contributed by atoms with Gasteiger partial charge in [-0.05, 0) is 42.6 Å². The van der Waals surface area contributed by atoms with Gasteiger partial charge >= 0.3 is 5.69 Å². The number of H-pyrrole nitrogens is 1. The number of aromatic nitrogens is 2. The molecule has 9 nitrogen and oxygen atoms in total. The molecule has 1 aliphatic heterocycles. The first-order valence-electron chi connectivity index (χ1n) is 13.6. The van der Waals surface area contributed by atoms with Gasteiger partial charge in [-0.15, -0.1) is 0 Å². The Morgan fingerprint density at radius 2 is 1.66 bits per heavy atom. The molecule has 4 rings (SSSR count). The van der Waals surface area contributed by atoms with Crippen LogP contribution in [0.15, 0.2) is 64.2 Å². The fourth-order valence-electron chi connectivity index (χ4n) is 5.31. The van der Waals surface area contributed by atoms with Gasteiger partial charge in [-0.1, -0.05) is 56.3 Å². The van der Waals surface area contributed by atoms with E-state index < -0.39 is 0 Å². The van der Waals surface area contributed by atoms with Crippen molar-refractivity contribution in [1.82, 2.24) is 14.5 Å². The second kappa shape index (κ2) is 12.8. The van der Waals surface area contributed by atoms with Gasteiger partial charge < -0.3 is 20.6 Å². The summed E-state index contributed by atoms with van der Waals surface area (Å²) in [6, 6.07) is 17.9. The second-order valence-electron chi connectivity index (χ2n) is 9.79. The van der Waals surface area contributed by atoms with Crippen molar-refractivity contribution in [3.05, 3.63) is 86.6 Å². The van der Waals surface area contributed by atoms with Gasteiger partial charge in [-0.3, -0.25) is 19.2 Å². The molecule has 1 aliphatic rings. The summed E-state index contributed by atoms with van der Waals surface area (Å²) in [5.41, 5.74) is 8.61. The van der Waals surface area contributed by atoms with E-state index in [-0.39, 0.29) is 24.0 Å². The molecule has 0 spiro atoms. The molecule has 0 bridgehead atoms. The Balaban J connectivity index is 1.76. The summed E-state index contributed by atoms with van der Waals surface area (Å²) in [7, 11) is 0. The summed E-state index contributed by atoms with van der Waals surface area (Å²) in [5.74, 6) is 0.696. The third-order valence-corrected chi connectivity index (χ3v) is 7.28. The van der Waals surface area contributed by atoms with Crippen molar-refractivity contribution in [3.8, 4) is 0 Å². The van der Waals surface area contributed by atoms with Crippen LogP contribution in [0.25, 0.3) is 0 Å². The van der Waals surface area contributed by atoms with Crippen molar-refractivity contribution in [2.75, 3.05) is 54.9 Å². The van der Waals surface area contributed by atoms with Gasteiger partial charge in [-0.2, -0.15) is 0 Å². The molecule has 9 heteroatoms. The van der Waals surface area contributed by atoms with Crippen molar-refractivity contribution < 1.29 is 5.11 Å². The zero-order chi connectivity index (χ0) is 27.1. The average Bonchev–Trinajstić information content (AvgIpc) is 3.21. The minimum Gasteiger partial charge on any atom is -0.399 e. The van der Waals surface area contributed by atoms with E-state index in [4.69, 9.17) is 5.73 Å². The molecule has 0 saturated heterocycles. The number of rotatable bonds is 13. The van der Waals surface area contributed by atoms with E-state index in [1.54, 1.807) is 4.57 Å². The molecule has 0 radical (unpaired) electrons. The molecule has 1 atom stereocenters. The monoisotopic (exact) mass is 520 g/mol. The number of nitrogens with zero attached hydrogens (tertiary/aromatic N) is 4. The first-order valence-corrected chi connectivity index (χ1v) is 13.6. The van der Waals surface area contributed by atoms with Crippen LogP contribution in [0, 0.1) is 0 Å². The summed E-state index contributed by atoms with van der Waals surface area (Å²) in [4.78, 5) is 35.8. The van der Waals surface area contributed by atoms with E-state index in [9.17, 15) is 14.7 Å². The molecule has 4 N–H and O–H groups in total. The minimum absolute atomic E-state index is 0.0884. The van der Waals surface area contributed by atoms with Crippen LogP contribution < -0.4 is 26.8 Å². The SMILES string of the molecule is CCCN1c2c(c(=O)[nH]c(=O)n2CCc2ccc(N)cc2)N(CCN(CC)CCO)C1Cc1ccccc1. The Hall–Kier alpha value is -3.56. The van der Waals surface area contributed by atoms with Crippen LogP contribution in [-0.2, 0) is 19.4 Å². The topological polar surface area (TPSA) is 111 Å². The molecule has 2 heterocycles. The number of nitrogens with two attached hydrogens (primary N) is 1. The van der Waals surface area contributed by atoms with Crippen LogP contribution in [-0.4, -0.2) is 65.1 Å². The highest BCUT2D eigenvalue weighted by Crippen LogP contribution is 2.37. The number of likely N-dealkylation sites (N-methyl/N-ethyl adjacent to an activating group) is 1. The first-order chi connectivity index (χ1) is 18.5. The van der Waals surface area contributed by atoms with Crippen molar-refractivity contribution in [2.24, 2.45) is 0 Å². The van der Waals surface area contributed by atoms with E-state index in [0.717, 1.165) is 25.1 Å². The standard InChI is InChI=1S/C29H40N6O3/c1-3-15-34-25(21-23-8-6-5-7-9-23)33(18-17-32(4-2)19-20-36)26-27(37)31-29(38)35(28(26)34)16-14-22-10-12-24(30)13-11-22/h5-13,25,36H,3-4,14-21,30H2,1-2H3,(H,31,37,38). The van der Waals surface area contributed by atoms with Crippen LogP contribution in [0.2, 0.25) is 0 Å². The maximum absolute atomic E-state index is 13.4. The fraction of sp³-hybridized carbons (Fsp3) is 0.448. The van der Waals surface area contributed by atoms with Gasteiger partial charge in [0.1, 0.15) is 17.7 Å². The predicted octanol–water partition coefficient (Wildman–Crippen LogP) is 2.28. The van der Waals surface area contributed by atoms with Gasteiger partial charge in [-0.25, -0.2) is 4.79 Å². The third kappa shape index (κ3) is 6.11. The lowest BCUT2D eigenvalue weighted by molar-refractivity contribution is 0.204. The number of hydrogen-bond donors (Lipinski definition) is 3. The number of aliphatic hydroxyl groups is 1. The predicted molar refractivity (Wildman–Crippen MR) is 154 cm³/mol. The molecule has 38 heavy (non-hydrogen) atoms. The smallest absolute Gasteiger partial charge is 0.330 e. The van der Waals surface area contributed by atoms with E-state index in [1.165, 1.54) is 5.56 Å². The molecular weight excluding hydrogens is 480 g/mol. The zero-order valence-corrected chi connectivity index (χ0v) is 22.5. The lowest BCUT2D eigenvalue weighted by Crippen LogP contribution is -2.48. The number of nitrogen functional groups attached to an aromatic ring is 1. The fourth-order valence-corrected chi connectivity index (χ4v) is 5.31. The molecule has 0 amide bonds. The Morgan fingerprint density at radius 1 is 0.921 bits per heavy atom. The lowest BCUT2D eigenvalue weighted by Gasteiger charge is -2.34. The summed E-state index contributed by atoms with van der Waals surface area (Å²) in [5, 5.41) is 9.49. The summed E-state index contributed by atoms with van der Waals surface area (Å²) < 4.78 is 1.73. The van der Waals surface area contributed by atoms with Gasteiger partial charge in [0, 0.05) is 44.8 Å². The second-order valence-corrected chi connectivity index (χ2v) is 9.79. The average molecular weight is 521 g/mol. The molecular formula is C29H40N6O3. The van der Waals surface area contributed by atoms with Crippen LogP contribution in [0.3, 0.4) is 0 Å². The minimum atomic E-state index is -0.388. The lowest BCUT2D eigenvalue weighted by atomic mass is 10.1. The van der Waals surface area contributed by atoms with E-state index in [2.05, 4.69) is 45.7 Å². The zero-order valence-electron chi connectivity index (χ0n) is 22.5. The molecule has 0 fully saturated rings. The number of aliphatic hydroxyl groups excluding tert-OH is 1. The van der Waals surface area contributed by atoms with Crippen molar-refractivity contribution in [1.29, 1.82) is 0 Å². The number of fused-ring (bicyclic) bond motifs is 1. The van der Waals surface area contributed by atoms with E-state index >= 15 is 0 Å². The molecule has 1 aromatic heterocycles. The van der Waals surface area contributed by atoms with Gasteiger partial charge in [0.15, 0.2) is 0 Å². The van der Waals surface area contributed by atoms with Crippen LogP contribution in [0.5, 0.6) is 0 Å². The number of aryl methyl sites for hydroxylation is 1. The van der Waals surface area contributed by atoms with Gasteiger partial charge in [0.2, 0.25) is 0 Å². The molecule has 0 aliphatic carbocycles. The highest BCUT2D eigenvalue weighted by atomic mass is 16.3. The Bertz CT molecular complexity index is 1290. The van der Waals surface area contributed by atoms with Crippen LogP contribution >= 0.6 is 0 Å². The Kier molecular flexibility index (Phi) is 9.25. The van der Waals surface area contributed by atoms with E-state index in [0.29, 0.717) is 56.2 Å². The summed E-state index contributed by atoms with van der Waals surface area (Å²) in [6.45, 7) is 8.14. The maximum atomic E-state index is 13.4. The normalized spacial score (nSPS) is 14.9. The number of anilines is 3. The quantitative estimate of drug-likeness (QED) is 0.297. The first kappa shape index (κ1) is 27.5. The molecule has 2 aromatic carbocycles. The van der Waals surface area contributed by atoms with Crippen molar-refractivity contribution in [3.63, 3.8) is 0 Å². The molecule has 3 aromatic rings. The summed E-state index contributed by atoms with van der Waals surface area (Å²) >= 11 is 0. The van der Waals surface area contributed by atoms with Gasteiger partial charge in [0.25, 0.3) is 5.56 Å². The van der Waals surface area contributed by atoms with Crippen molar-refractivity contribution >= 4 is 17.2 Å². The van der Waals surface area contributed by atoms with Crippen molar-refractivity contribution in [2.45, 2.75) is 45.8 Å². The molecule has 204 valence electrons. The third-order valence-electron chi connectivity index (χ3n) is 7.28. The Labute approximate surface area is 224 Å². The Morgan fingerprint density at radius 3 is 2.32 bits per heavy atom. The highest BCUT2D eigenvalue weighted by molar-refractivity contribution is 5.74. The largest absolute Gasteiger partial charge is 0.399 e. The van der Waals surface area contributed by atoms with Crippen LogP contribution in [0.1, 0.15) is 31.4 Å².